The van der Waals surface area contributed by atoms with Gasteiger partial charge in [-0.05, 0) is 19.1 Å². The van der Waals surface area contributed by atoms with E-state index in [9.17, 15) is 4.79 Å². The second kappa shape index (κ2) is 4.81. The van der Waals surface area contributed by atoms with Gasteiger partial charge in [0.25, 0.3) is 0 Å². The van der Waals surface area contributed by atoms with Gasteiger partial charge in [-0.2, -0.15) is 0 Å². The molecule has 0 aliphatic carbocycles. The Kier molecular flexibility index (Phi) is 2.99. The molecule has 3 aromatic rings. The number of aryl methyl sites for hydroxylation is 1. The predicted molar refractivity (Wildman–Crippen MR) is 76.7 cm³/mol. The molecular formula is C16H14N2O2. The number of hydrogen-bond donors (Lipinski definition) is 0. The van der Waals surface area contributed by atoms with E-state index in [4.69, 9.17) is 4.74 Å². The van der Waals surface area contributed by atoms with Crippen LogP contribution in [0.5, 0.6) is 0 Å². The van der Waals surface area contributed by atoms with Gasteiger partial charge >= 0.3 is 5.97 Å². The summed E-state index contributed by atoms with van der Waals surface area (Å²) in [6.07, 6.45) is 3.54. The van der Waals surface area contributed by atoms with E-state index in [1.54, 1.807) is 18.5 Å². The molecule has 0 aliphatic rings. The van der Waals surface area contributed by atoms with Crippen LogP contribution in [0.25, 0.3) is 16.9 Å². The van der Waals surface area contributed by atoms with E-state index in [2.05, 4.69) is 4.98 Å². The fourth-order valence-electron chi connectivity index (χ4n) is 2.15. The van der Waals surface area contributed by atoms with Crippen molar-refractivity contribution in [1.29, 1.82) is 0 Å². The van der Waals surface area contributed by atoms with Gasteiger partial charge in [-0.1, -0.05) is 29.8 Å². The maximum absolute atomic E-state index is 11.6. The van der Waals surface area contributed by atoms with E-state index < -0.39 is 0 Å². The Labute approximate surface area is 116 Å². The highest BCUT2D eigenvalue weighted by Crippen LogP contribution is 2.21. The van der Waals surface area contributed by atoms with Crippen molar-refractivity contribution in [2.45, 2.75) is 6.92 Å². The van der Waals surface area contributed by atoms with E-state index >= 15 is 0 Å². The molecule has 1 aromatic carbocycles. The van der Waals surface area contributed by atoms with Crippen molar-refractivity contribution in [3.8, 4) is 11.4 Å². The standard InChI is InChI=1S/C16H14N2O2/c1-11-3-5-12(6-4-11)15-17-9-14-8-7-13(10-18(14)15)16(19)20-2/h3-10H,1-2H3. The van der Waals surface area contributed by atoms with E-state index in [1.807, 2.05) is 41.7 Å². The summed E-state index contributed by atoms with van der Waals surface area (Å²) in [5.41, 5.74) is 3.65. The lowest BCUT2D eigenvalue weighted by Gasteiger charge is -2.04. The zero-order chi connectivity index (χ0) is 14.1. The van der Waals surface area contributed by atoms with Gasteiger partial charge < -0.3 is 4.74 Å². The summed E-state index contributed by atoms with van der Waals surface area (Å²) >= 11 is 0. The molecule has 0 bridgehead atoms. The van der Waals surface area contributed by atoms with Gasteiger partial charge in [-0.15, -0.1) is 0 Å². The minimum atomic E-state index is -0.351. The molecule has 2 aromatic heterocycles. The highest BCUT2D eigenvalue weighted by atomic mass is 16.5. The quantitative estimate of drug-likeness (QED) is 0.669. The molecule has 0 N–H and O–H groups in total. The van der Waals surface area contributed by atoms with Gasteiger partial charge in [-0.3, -0.25) is 4.40 Å². The molecule has 0 amide bonds. The van der Waals surface area contributed by atoms with E-state index in [1.165, 1.54) is 12.7 Å². The monoisotopic (exact) mass is 266 g/mol. The molecule has 2 heterocycles. The second-order valence-corrected chi connectivity index (χ2v) is 4.65. The maximum Gasteiger partial charge on any atom is 0.339 e. The number of fused-ring (bicyclic) bond motifs is 1. The third-order valence-corrected chi connectivity index (χ3v) is 3.26. The second-order valence-electron chi connectivity index (χ2n) is 4.65. The molecule has 0 saturated heterocycles. The lowest BCUT2D eigenvalue weighted by Crippen LogP contribution is -2.03. The molecule has 0 aliphatic heterocycles. The average Bonchev–Trinajstić information content (AvgIpc) is 2.90. The van der Waals surface area contributed by atoms with E-state index in [0.29, 0.717) is 5.56 Å². The van der Waals surface area contributed by atoms with Gasteiger partial charge in [0.15, 0.2) is 0 Å². The molecule has 20 heavy (non-hydrogen) atoms. The highest BCUT2D eigenvalue weighted by Gasteiger charge is 2.10. The number of carbonyl (C=O) groups is 1. The van der Waals surface area contributed by atoms with E-state index in [-0.39, 0.29) is 5.97 Å². The van der Waals surface area contributed by atoms with Gasteiger partial charge in [0.2, 0.25) is 0 Å². The molecule has 3 rings (SSSR count). The molecule has 4 heteroatoms. The molecule has 0 spiro atoms. The number of nitrogens with zero attached hydrogens (tertiary/aromatic N) is 2. The van der Waals surface area contributed by atoms with Crippen molar-refractivity contribution in [2.24, 2.45) is 0 Å². The van der Waals surface area contributed by atoms with Crippen molar-refractivity contribution in [2.75, 3.05) is 7.11 Å². The topological polar surface area (TPSA) is 43.6 Å². The van der Waals surface area contributed by atoms with Gasteiger partial charge in [0, 0.05) is 11.8 Å². The number of pyridine rings is 1. The Bertz CT molecular complexity index is 773. The predicted octanol–water partition coefficient (Wildman–Crippen LogP) is 3.10. The van der Waals surface area contributed by atoms with Crippen LogP contribution >= 0.6 is 0 Å². The molecular weight excluding hydrogens is 252 g/mol. The number of imidazole rings is 1. The average molecular weight is 266 g/mol. The first-order valence-electron chi connectivity index (χ1n) is 6.31. The van der Waals surface area contributed by atoms with Crippen LogP contribution in [0.4, 0.5) is 0 Å². The first-order chi connectivity index (χ1) is 9.69. The van der Waals surface area contributed by atoms with Crippen molar-refractivity contribution >= 4 is 11.5 Å². The molecule has 0 saturated carbocycles. The number of rotatable bonds is 2. The number of carbonyl (C=O) groups excluding carboxylic acids is 1. The third-order valence-electron chi connectivity index (χ3n) is 3.26. The number of benzene rings is 1. The van der Waals surface area contributed by atoms with Crippen molar-refractivity contribution in [3.05, 3.63) is 59.9 Å². The summed E-state index contributed by atoms with van der Waals surface area (Å²) in [7, 11) is 1.38. The van der Waals surface area contributed by atoms with Crippen LogP contribution < -0.4 is 0 Å². The molecule has 0 unspecified atom stereocenters. The van der Waals surface area contributed by atoms with Crippen molar-refractivity contribution < 1.29 is 9.53 Å². The minimum Gasteiger partial charge on any atom is -0.465 e. The number of esters is 1. The van der Waals surface area contributed by atoms with Gasteiger partial charge in [0.05, 0.1) is 24.4 Å². The lowest BCUT2D eigenvalue weighted by atomic mass is 10.1. The smallest absolute Gasteiger partial charge is 0.339 e. The number of methoxy groups -OCH3 is 1. The highest BCUT2D eigenvalue weighted by molar-refractivity contribution is 5.89. The third kappa shape index (κ3) is 2.05. The van der Waals surface area contributed by atoms with Crippen LogP contribution in [-0.2, 0) is 4.74 Å². The maximum atomic E-state index is 11.6. The first-order valence-corrected chi connectivity index (χ1v) is 6.31. The van der Waals surface area contributed by atoms with E-state index in [0.717, 1.165) is 16.9 Å². The number of hydrogen-bond acceptors (Lipinski definition) is 3. The summed E-state index contributed by atoms with van der Waals surface area (Å²) < 4.78 is 6.65. The Morgan fingerprint density at radius 2 is 1.90 bits per heavy atom. The number of ether oxygens (including phenoxy) is 1. The normalized spacial score (nSPS) is 10.7. The van der Waals surface area contributed by atoms with Crippen LogP contribution in [0.1, 0.15) is 15.9 Å². The van der Waals surface area contributed by atoms with Crippen molar-refractivity contribution in [1.82, 2.24) is 9.38 Å². The van der Waals surface area contributed by atoms with Crippen molar-refractivity contribution in [3.63, 3.8) is 0 Å². The molecule has 0 atom stereocenters. The fourth-order valence-corrected chi connectivity index (χ4v) is 2.15. The lowest BCUT2D eigenvalue weighted by molar-refractivity contribution is 0.0600. The molecule has 4 nitrogen and oxygen atoms in total. The van der Waals surface area contributed by atoms with Crippen LogP contribution in [0, 0.1) is 6.92 Å². The largest absolute Gasteiger partial charge is 0.465 e. The van der Waals surface area contributed by atoms with Gasteiger partial charge in [0.1, 0.15) is 5.82 Å². The van der Waals surface area contributed by atoms with Crippen LogP contribution in [0.2, 0.25) is 0 Å². The van der Waals surface area contributed by atoms with Gasteiger partial charge in [-0.25, -0.2) is 9.78 Å². The summed E-state index contributed by atoms with van der Waals surface area (Å²) in [6.45, 7) is 2.04. The molecule has 100 valence electrons. The fraction of sp³-hybridized carbons (Fsp3) is 0.125. The Morgan fingerprint density at radius 1 is 1.15 bits per heavy atom. The molecule has 0 radical (unpaired) electrons. The number of aromatic nitrogens is 2. The molecule has 0 fully saturated rings. The zero-order valence-corrected chi connectivity index (χ0v) is 11.3. The van der Waals surface area contributed by atoms with Crippen LogP contribution in [-0.4, -0.2) is 22.5 Å². The Morgan fingerprint density at radius 3 is 2.60 bits per heavy atom. The SMILES string of the molecule is COC(=O)c1ccc2cnc(-c3ccc(C)cc3)n2c1. The summed E-state index contributed by atoms with van der Waals surface area (Å²) in [5.74, 6) is 0.459. The van der Waals surface area contributed by atoms with Crippen LogP contribution in [0.3, 0.4) is 0 Å². The summed E-state index contributed by atoms with van der Waals surface area (Å²) in [4.78, 5) is 16.0. The summed E-state index contributed by atoms with van der Waals surface area (Å²) in [6, 6.07) is 11.7. The zero-order valence-electron chi connectivity index (χ0n) is 11.3. The van der Waals surface area contributed by atoms with Crippen LogP contribution in [0.15, 0.2) is 48.8 Å². The Hall–Kier alpha value is -2.62. The minimum absolute atomic E-state index is 0.351. The summed E-state index contributed by atoms with van der Waals surface area (Å²) in [5, 5.41) is 0. The first kappa shape index (κ1) is 12.4. The Balaban J connectivity index is 2.16.